The number of esters is 2. The lowest BCUT2D eigenvalue weighted by Gasteiger charge is -2.27. The second-order valence-corrected chi connectivity index (χ2v) is 7.10. The Morgan fingerprint density at radius 2 is 1.65 bits per heavy atom. The van der Waals surface area contributed by atoms with E-state index in [4.69, 9.17) is 9.47 Å². The van der Waals surface area contributed by atoms with E-state index in [1.807, 2.05) is 34.6 Å². The van der Waals surface area contributed by atoms with Crippen molar-refractivity contribution in [3.8, 4) is 0 Å². The first-order chi connectivity index (χ1) is 9.18. The normalized spacial score (nSPS) is 15.8. The number of hydrogen-bond donors (Lipinski definition) is 0. The van der Waals surface area contributed by atoms with E-state index in [0.29, 0.717) is 6.61 Å². The average Bonchev–Trinajstić information content (AvgIpc) is 2.40. The van der Waals surface area contributed by atoms with Gasteiger partial charge in [0.1, 0.15) is 6.10 Å². The molecular formula is C15H27BrO4. The number of ether oxygens (including phenoxy) is 2. The SMILES string of the molecule is CCC(OC(=O)C(Br)(CC)C(=O)OCC(C)C)C(C)C. The van der Waals surface area contributed by atoms with Gasteiger partial charge >= 0.3 is 11.9 Å². The minimum Gasteiger partial charge on any atom is -0.464 e. The van der Waals surface area contributed by atoms with Crippen molar-refractivity contribution < 1.29 is 19.1 Å². The summed E-state index contributed by atoms with van der Waals surface area (Å²) in [5.41, 5.74) is 0. The Labute approximate surface area is 130 Å². The zero-order valence-electron chi connectivity index (χ0n) is 13.4. The van der Waals surface area contributed by atoms with Crippen LogP contribution in [0.1, 0.15) is 54.4 Å². The first kappa shape index (κ1) is 19.4. The number of alkyl halides is 1. The van der Waals surface area contributed by atoms with E-state index < -0.39 is 16.3 Å². The van der Waals surface area contributed by atoms with Crippen LogP contribution in [0.25, 0.3) is 0 Å². The lowest BCUT2D eigenvalue weighted by Crippen LogP contribution is -2.45. The van der Waals surface area contributed by atoms with Crippen molar-refractivity contribution >= 4 is 27.9 Å². The maximum absolute atomic E-state index is 12.3. The van der Waals surface area contributed by atoms with Gasteiger partial charge in [0.15, 0.2) is 0 Å². The predicted molar refractivity (Wildman–Crippen MR) is 82.8 cm³/mol. The van der Waals surface area contributed by atoms with Crippen LogP contribution in [-0.4, -0.2) is 29.0 Å². The highest BCUT2D eigenvalue weighted by atomic mass is 79.9. The smallest absolute Gasteiger partial charge is 0.334 e. The van der Waals surface area contributed by atoms with Gasteiger partial charge in [0, 0.05) is 0 Å². The minimum atomic E-state index is -1.40. The zero-order chi connectivity index (χ0) is 15.9. The topological polar surface area (TPSA) is 52.6 Å². The number of carbonyl (C=O) groups excluding carboxylic acids is 2. The molecule has 0 aliphatic heterocycles. The molecule has 20 heavy (non-hydrogen) atoms. The van der Waals surface area contributed by atoms with Crippen LogP contribution >= 0.6 is 15.9 Å². The van der Waals surface area contributed by atoms with Gasteiger partial charge in [0.25, 0.3) is 0 Å². The van der Waals surface area contributed by atoms with Crippen LogP contribution in [0.4, 0.5) is 0 Å². The van der Waals surface area contributed by atoms with Crippen LogP contribution in [0.2, 0.25) is 0 Å². The van der Waals surface area contributed by atoms with Crippen molar-refractivity contribution in [2.75, 3.05) is 6.61 Å². The zero-order valence-corrected chi connectivity index (χ0v) is 15.0. The van der Waals surface area contributed by atoms with Gasteiger partial charge in [-0.2, -0.15) is 0 Å². The monoisotopic (exact) mass is 350 g/mol. The second-order valence-electron chi connectivity index (χ2n) is 5.74. The largest absolute Gasteiger partial charge is 0.464 e. The summed E-state index contributed by atoms with van der Waals surface area (Å²) in [4.78, 5) is 24.4. The van der Waals surface area contributed by atoms with Gasteiger partial charge in [-0.05, 0) is 24.7 Å². The maximum atomic E-state index is 12.3. The fourth-order valence-corrected chi connectivity index (χ4v) is 1.86. The number of rotatable bonds is 8. The molecule has 0 rings (SSSR count). The molecule has 0 bridgehead atoms. The molecule has 0 saturated heterocycles. The van der Waals surface area contributed by atoms with Crippen LogP contribution in [-0.2, 0) is 19.1 Å². The summed E-state index contributed by atoms with van der Waals surface area (Å²) < 4.78 is 9.23. The van der Waals surface area contributed by atoms with Gasteiger partial charge in [-0.1, -0.05) is 57.5 Å². The lowest BCUT2D eigenvalue weighted by molar-refractivity contribution is -0.164. The van der Waals surface area contributed by atoms with Gasteiger partial charge in [0.05, 0.1) is 6.61 Å². The third-order valence-corrected chi connectivity index (χ3v) is 4.29. The molecular weight excluding hydrogens is 324 g/mol. The van der Waals surface area contributed by atoms with Crippen molar-refractivity contribution in [1.29, 1.82) is 0 Å². The number of halogens is 1. The van der Waals surface area contributed by atoms with Crippen molar-refractivity contribution in [3.05, 3.63) is 0 Å². The standard InChI is InChI=1S/C15H27BrO4/c1-7-12(11(5)6)20-14(18)15(16,8-2)13(17)19-9-10(3)4/h10-12H,7-9H2,1-6H3. The van der Waals surface area contributed by atoms with E-state index in [-0.39, 0.29) is 24.4 Å². The van der Waals surface area contributed by atoms with Gasteiger partial charge in [-0.15, -0.1) is 0 Å². The molecule has 2 atom stereocenters. The van der Waals surface area contributed by atoms with E-state index in [1.54, 1.807) is 6.92 Å². The van der Waals surface area contributed by atoms with Crippen LogP contribution in [0.3, 0.4) is 0 Å². The summed E-state index contributed by atoms with van der Waals surface area (Å²) in [5, 5.41) is 0. The van der Waals surface area contributed by atoms with Gasteiger partial charge in [-0.25, -0.2) is 9.59 Å². The highest BCUT2D eigenvalue weighted by Crippen LogP contribution is 2.28. The van der Waals surface area contributed by atoms with Crippen molar-refractivity contribution in [2.45, 2.75) is 64.8 Å². The van der Waals surface area contributed by atoms with Crippen molar-refractivity contribution in [2.24, 2.45) is 11.8 Å². The molecule has 2 unspecified atom stereocenters. The lowest BCUT2D eigenvalue weighted by atomic mass is 10.0. The average molecular weight is 351 g/mol. The van der Waals surface area contributed by atoms with E-state index in [2.05, 4.69) is 15.9 Å². The van der Waals surface area contributed by atoms with E-state index in [1.165, 1.54) is 0 Å². The Kier molecular flexibility index (Phi) is 8.40. The van der Waals surface area contributed by atoms with Gasteiger partial charge < -0.3 is 9.47 Å². The number of hydrogen-bond acceptors (Lipinski definition) is 4. The second kappa shape index (κ2) is 8.65. The summed E-state index contributed by atoms with van der Waals surface area (Å²) >= 11 is 3.22. The maximum Gasteiger partial charge on any atom is 0.334 e. The molecule has 0 amide bonds. The fraction of sp³-hybridized carbons (Fsp3) is 0.867. The third-order valence-electron chi connectivity index (χ3n) is 3.09. The minimum absolute atomic E-state index is 0.191. The fourth-order valence-electron chi connectivity index (χ4n) is 1.65. The molecule has 0 spiro atoms. The first-order valence-electron chi connectivity index (χ1n) is 7.26. The van der Waals surface area contributed by atoms with Gasteiger partial charge in [-0.3, -0.25) is 0 Å². The Morgan fingerprint density at radius 3 is 2.00 bits per heavy atom. The molecule has 0 aromatic rings. The van der Waals surface area contributed by atoms with E-state index in [9.17, 15) is 9.59 Å². The molecule has 0 aromatic carbocycles. The number of carbonyl (C=O) groups is 2. The van der Waals surface area contributed by atoms with Crippen molar-refractivity contribution in [3.63, 3.8) is 0 Å². The van der Waals surface area contributed by atoms with Crippen LogP contribution in [0.5, 0.6) is 0 Å². The first-order valence-corrected chi connectivity index (χ1v) is 8.05. The van der Waals surface area contributed by atoms with E-state index >= 15 is 0 Å². The summed E-state index contributed by atoms with van der Waals surface area (Å²) in [6.45, 7) is 11.9. The molecule has 0 saturated carbocycles. The molecule has 0 aromatic heterocycles. The Balaban J connectivity index is 4.84. The van der Waals surface area contributed by atoms with Crippen LogP contribution < -0.4 is 0 Å². The molecule has 118 valence electrons. The Morgan fingerprint density at radius 1 is 1.10 bits per heavy atom. The van der Waals surface area contributed by atoms with Crippen LogP contribution in [0, 0.1) is 11.8 Å². The van der Waals surface area contributed by atoms with Crippen LogP contribution in [0.15, 0.2) is 0 Å². The van der Waals surface area contributed by atoms with E-state index in [0.717, 1.165) is 6.42 Å². The van der Waals surface area contributed by atoms with Gasteiger partial charge in [0.2, 0.25) is 4.32 Å². The molecule has 0 heterocycles. The summed E-state index contributed by atoms with van der Waals surface area (Å²) in [6.07, 6.45) is 0.818. The third kappa shape index (κ3) is 5.43. The predicted octanol–water partition coefficient (Wildman–Crippen LogP) is 3.71. The Hall–Kier alpha value is -0.580. The molecule has 0 N–H and O–H groups in total. The molecule has 0 aliphatic rings. The summed E-state index contributed by atoms with van der Waals surface area (Å²) in [7, 11) is 0. The molecule has 0 radical (unpaired) electrons. The van der Waals surface area contributed by atoms with Crippen molar-refractivity contribution in [1.82, 2.24) is 0 Å². The highest BCUT2D eigenvalue weighted by Gasteiger charge is 2.46. The summed E-state index contributed by atoms with van der Waals surface area (Å²) in [6, 6.07) is 0. The summed E-state index contributed by atoms with van der Waals surface area (Å²) in [5.74, 6) is -0.696. The highest BCUT2D eigenvalue weighted by molar-refractivity contribution is 9.10. The molecule has 0 aliphatic carbocycles. The molecule has 0 fully saturated rings. The molecule has 5 heteroatoms. The molecule has 4 nitrogen and oxygen atoms in total. The Bertz CT molecular complexity index is 328. The quantitative estimate of drug-likeness (QED) is 0.380.